The molecule has 1 amide bonds. The van der Waals surface area contributed by atoms with Gasteiger partial charge in [0, 0.05) is 11.4 Å². The van der Waals surface area contributed by atoms with Gasteiger partial charge in [-0.3, -0.25) is 9.69 Å². The highest BCUT2D eigenvalue weighted by molar-refractivity contribution is 6.23. The topological polar surface area (TPSA) is 46.6 Å². The number of allylic oxidation sites excluding steroid dienone is 1. The molecule has 0 bridgehead atoms. The summed E-state index contributed by atoms with van der Waals surface area (Å²) in [5.41, 5.74) is -1.16. The third-order valence-electron chi connectivity index (χ3n) is 4.44. The Morgan fingerprint density at radius 1 is 1.07 bits per heavy atom. The van der Waals surface area contributed by atoms with Gasteiger partial charge in [0.15, 0.2) is 0 Å². The Morgan fingerprint density at radius 2 is 1.69 bits per heavy atom. The van der Waals surface area contributed by atoms with E-state index in [4.69, 9.17) is 4.74 Å². The van der Waals surface area contributed by atoms with Crippen LogP contribution in [0.15, 0.2) is 65.4 Å². The Morgan fingerprint density at radius 3 is 2.28 bits per heavy atom. The smallest absolute Gasteiger partial charge is 0.416 e. The van der Waals surface area contributed by atoms with Gasteiger partial charge < -0.3 is 4.74 Å². The third kappa shape index (κ3) is 3.78. The monoisotopic (exact) mass is 405 g/mol. The second-order valence-corrected chi connectivity index (χ2v) is 6.21. The molecule has 0 radical (unpaired) electrons. The third-order valence-corrected chi connectivity index (χ3v) is 4.44. The number of carbonyl (C=O) groups excluding carboxylic acids is 2. The minimum atomic E-state index is -4.64. The molecule has 29 heavy (non-hydrogen) atoms. The fourth-order valence-corrected chi connectivity index (χ4v) is 3.12. The normalized spacial score (nSPS) is 16.0. The van der Waals surface area contributed by atoms with Gasteiger partial charge in [-0.05, 0) is 48.9 Å². The quantitative estimate of drug-likeness (QED) is 0.422. The van der Waals surface area contributed by atoms with Crippen molar-refractivity contribution < 1.29 is 31.9 Å². The molecule has 4 nitrogen and oxygen atoms in total. The predicted molar refractivity (Wildman–Crippen MR) is 98.0 cm³/mol. The van der Waals surface area contributed by atoms with Gasteiger partial charge >= 0.3 is 12.1 Å². The largest absolute Gasteiger partial charge is 0.465 e. The molecule has 0 spiro atoms. The molecule has 2 aromatic rings. The number of esters is 1. The summed E-state index contributed by atoms with van der Waals surface area (Å²) < 4.78 is 58.0. The predicted octanol–water partition coefficient (Wildman–Crippen LogP) is 4.72. The van der Waals surface area contributed by atoms with Gasteiger partial charge in [-0.25, -0.2) is 9.18 Å². The van der Waals surface area contributed by atoms with Crippen molar-refractivity contribution in [2.24, 2.45) is 0 Å². The van der Waals surface area contributed by atoms with E-state index in [1.165, 1.54) is 37.3 Å². The first kappa shape index (κ1) is 20.3. The van der Waals surface area contributed by atoms with Crippen LogP contribution in [-0.4, -0.2) is 19.0 Å². The highest BCUT2D eigenvalue weighted by atomic mass is 19.4. The Bertz CT molecular complexity index is 1040. The molecule has 0 aliphatic carbocycles. The SMILES string of the molecule is COC(=O)C1=C(C)N(c2ccc(F)cc2)C(=O)/C1=C\c1ccccc1C(F)(F)F. The van der Waals surface area contributed by atoms with E-state index >= 15 is 0 Å². The number of amides is 1. The average molecular weight is 405 g/mol. The molecule has 0 saturated heterocycles. The van der Waals surface area contributed by atoms with E-state index in [9.17, 15) is 27.2 Å². The molecule has 1 heterocycles. The van der Waals surface area contributed by atoms with Crippen molar-refractivity contribution in [3.8, 4) is 0 Å². The van der Waals surface area contributed by atoms with E-state index in [1.807, 2.05) is 0 Å². The molecule has 0 aromatic heterocycles. The summed E-state index contributed by atoms with van der Waals surface area (Å²) >= 11 is 0. The molecule has 0 unspecified atom stereocenters. The maximum Gasteiger partial charge on any atom is 0.416 e. The number of hydrogen-bond donors (Lipinski definition) is 0. The Balaban J connectivity index is 2.19. The van der Waals surface area contributed by atoms with Crippen LogP contribution in [0.4, 0.5) is 23.2 Å². The first-order valence-corrected chi connectivity index (χ1v) is 8.42. The number of nitrogens with zero attached hydrogens (tertiary/aromatic N) is 1. The van der Waals surface area contributed by atoms with Crippen molar-refractivity contribution in [1.82, 2.24) is 0 Å². The van der Waals surface area contributed by atoms with Crippen molar-refractivity contribution in [2.45, 2.75) is 13.1 Å². The summed E-state index contributed by atoms with van der Waals surface area (Å²) in [5.74, 6) is -2.10. The van der Waals surface area contributed by atoms with E-state index in [0.717, 1.165) is 36.3 Å². The molecular formula is C21H15F4NO3. The summed E-state index contributed by atoms with van der Waals surface area (Å²) in [5, 5.41) is 0. The number of anilines is 1. The second kappa shape index (κ2) is 7.54. The lowest BCUT2D eigenvalue weighted by Gasteiger charge is -2.17. The minimum Gasteiger partial charge on any atom is -0.465 e. The number of rotatable bonds is 3. The van der Waals surface area contributed by atoms with Crippen LogP contribution >= 0.6 is 0 Å². The van der Waals surface area contributed by atoms with Gasteiger partial charge in [0.25, 0.3) is 5.91 Å². The van der Waals surface area contributed by atoms with Gasteiger partial charge in [0.2, 0.25) is 0 Å². The molecular weight excluding hydrogens is 390 g/mol. The van der Waals surface area contributed by atoms with Crippen molar-refractivity contribution in [3.63, 3.8) is 0 Å². The lowest BCUT2D eigenvalue weighted by atomic mass is 10.00. The van der Waals surface area contributed by atoms with E-state index in [-0.39, 0.29) is 28.1 Å². The summed E-state index contributed by atoms with van der Waals surface area (Å²) in [7, 11) is 1.11. The van der Waals surface area contributed by atoms with Gasteiger partial charge in [0.1, 0.15) is 5.82 Å². The van der Waals surface area contributed by atoms with E-state index in [1.54, 1.807) is 0 Å². The van der Waals surface area contributed by atoms with Crippen LogP contribution in [-0.2, 0) is 20.5 Å². The lowest BCUT2D eigenvalue weighted by Crippen LogP contribution is -2.24. The van der Waals surface area contributed by atoms with Crippen LogP contribution in [0, 0.1) is 5.82 Å². The van der Waals surface area contributed by atoms with E-state index in [2.05, 4.69) is 0 Å². The minimum absolute atomic E-state index is 0.154. The number of benzene rings is 2. The van der Waals surface area contributed by atoms with Gasteiger partial charge in [-0.15, -0.1) is 0 Å². The van der Waals surface area contributed by atoms with Crippen molar-refractivity contribution in [2.75, 3.05) is 12.0 Å². The van der Waals surface area contributed by atoms with Gasteiger partial charge in [0.05, 0.1) is 23.8 Å². The molecule has 0 N–H and O–H groups in total. The Labute approximate surface area is 163 Å². The van der Waals surface area contributed by atoms with Gasteiger partial charge in [-0.2, -0.15) is 13.2 Å². The molecule has 1 aliphatic rings. The number of alkyl halides is 3. The number of halogens is 4. The fourth-order valence-electron chi connectivity index (χ4n) is 3.12. The molecule has 8 heteroatoms. The fraction of sp³-hybridized carbons (Fsp3) is 0.143. The summed E-state index contributed by atoms with van der Waals surface area (Å²) in [4.78, 5) is 26.5. The lowest BCUT2D eigenvalue weighted by molar-refractivity contribution is -0.138. The highest BCUT2D eigenvalue weighted by Gasteiger charge is 2.39. The van der Waals surface area contributed by atoms with Crippen LogP contribution < -0.4 is 4.90 Å². The number of ether oxygens (including phenoxy) is 1. The van der Waals surface area contributed by atoms with Crippen molar-refractivity contribution in [1.29, 1.82) is 0 Å². The molecule has 1 aliphatic heterocycles. The zero-order valence-corrected chi connectivity index (χ0v) is 15.4. The molecule has 0 saturated carbocycles. The van der Waals surface area contributed by atoms with Crippen molar-refractivity contribution >= 4 is 23.6 Å². The maximum atomic E-state index is 13.3. The van der Waals surface area contributed by atoms with Crippen molar-refractivity contribution in [3.05, 3.63) is 82.3 Å². The highest BCUT2D eigenvalue weighted by Crippen LogP contribution is 2.38. The average Bonchev–Trinajstić information content (AvgIpc) is 2.91. The first-order chi connectivity index (χ1) is 13.6. The van der Waals surface area contributed by atoms with E-state index < -0.39 is 29.4 Å². The summed E-state index contributed by atoms with van der Waals surface area (Å²) in [6.07, 6.45) is -3.62. The standard InChI is InChI=1S/C21H15F4NO3/c1-12-18(20(28)29-2)16(11-13-5-3-4-6-17(13)21(23,24)25)19(27)26(12)15-9-7-14(22)8-10-15/h3-11H,1-2H3/b16-11-. The van der Waals surface area contributed by atoms with E-state index in [0.29, 0.717) is 0 Å². The summed E-state index contributed by atoms with van der Waals surface area (Å²) in [6, 6.07) is 9.65. The van der Waals surface area contributed by atoms with Crippen LogP contribution in [0.2, 0.25) is 0 Å². The van der Waals surface area contributed by atoms with Crippen LogP contribution in [0.25, 0.3) is 6.08 Å². The zero-order chi connectivity index (χ0) is 21.3. The van der Waals surface area contributed by atoms with Gasteiger partial charge in [-0.1, -0.05) is 18.2 Å². The molecule has 0 fully saturated rings. The number of hydrogen-bond acceptors (Lipinski definition) is 3. The van der Waals surface area contributed by atoms with Crippen LogP contribution in [0.1, 0.15) is 18.1 Å². The molecule has 2 aromatic carbocycles. The summed E-state index contributed by atoms with van der Waals surface area (Å²) in [6.45, 7) is 1.46. The second-order valence-electron chi connectivity index (χ2n) is 6.21. The molecule has 0 atom stereocenters. The Kier molecular flexibility index (Phi) is 5.28. The zero-order valence-electron chi connectivity index (χ0n) is 15.4. The van der Waals surface area contributed by atoms with Crippen LogP contribution in [0.3, 0.4) is 0 Å². The number of methoxy groups -OCH3 is 1. The maximum absolute atomic E-state index is 13.3. The van der Waals surface area contributed by atoms with Crippen LogP contribution in [0.5, 0.6) is 0 Å². The first-order valence-electron chi connectivity index (χ1n) is 8.42. The molecule has 3 rings (SSSR count). The molecule has 150 valence electrons. The Hall–Kier alpha value is -3.42. The number of carbonyl (C=O) groups is 2.